The normalized spacial score (nSPS) is 10.3. The molecule has 0 atom stereocenters. The Kier molecular flexibility index (Phi) is 1.97. The molecule has 14 heavy (non-hydrogen) atoms. The summed E-state index contributed by atoms with van der Waals surface area (Å²) in [5.74, 6) is -2.37. The van der Waals surface area contributed by atoms with Gasteiger partial charge in [0.15, 0.2) is 0 Å². The molecular weight excluding hydrogens is 204 g/mol. The van der Waals surface area contributed by atoms with Crippen molar-refractivity contribution in [3.8, 4) is 0 Å². The van der Waals surface area contributed by atoms with E-state index >= 15 is 0 Å². The summed E-state index contributed by atoms with van der Waals surface area (Å²) in [6.45, 7) is 0. The van der Waals surface area contributed by atoms with E-state index in [1.807, 2.05) is 0 Å². The number of carboxylic acids is 1. The standard InChI is InChI=1S/C8H4N2O3S/c11-7(8(12)13)4-1-2-5-6(3-4)14-10-9-5/h1-3H,(H,12,13). The third kappa shape index (κ3) is 1.35. The van der Waals surface area contributed by atoms with E-state index in [1.165, 1.54) is 12.1 Å². The Morgan fingerprint density at radius 1 is 1.36 bits per heavy atom. The molecule has 5 nitrogen and oxygen atoms in total. The van der Waals surface area contributed by atoms with Crippen molar-refractivity contribution >= 4 is 33.5 Å². The van der Waals surface area contributed by atoms with Gasteiger partial charge in [-0.25, -0.2) is 4.79 Å². The highest BCUT2D eigenvalue weighted by atomic mass is 32.1. The van der Waals surface area contributed by atoms with Crippen LogP contribution < -0.4 is 0 Å². The van der Waals surface area contributed by atoms with Crippen LogP contribution in [0.2, 0.25) is 0 Å². The summed E-state index contributed by atoms with van der Waals surface area (Å²) in [4.78, 5) is 21.5. The van der Waals surface area contributed by atoms with Crippen LogP contribution in [0.25, 0.3) is 10.2 Å². The van der Waals surface area contributed by atoms with Crippen molar-refractivity contribution in [1.82, 2.24) is 9.59 Å². The largest absolute Gasteiger partial charge is 0.475 e. The minimum Gasteiger partial charge on any atom is -0.475 e. The van der Waals surface area contributed by atoms with Gasteiger partial charge in [-0.15, -0.1) is 5.10 Å². The van der Waals surface area contributed by atoms with Gasteiger partial charge in [-0.05, 0) is 29.7 Å². The molecule has 0 saturated carbocycles. The fourth-order valence-electron chi connectivity index (χ4n) is 1.04. The van der Waals surface area contributed by atoms with E-state index < -0.39 is 11.8 Å². The molecule has 1 aromatic heterocycles. The SMILES string of the molecule is O=C(O)C(=O)c1ccc2nnsc2c1. The molecular formula is C8H4N2O3S. The van der Waals surface area contributed by atoms with Crippen LogP contribution in [-0.2, 0) is 4.79 Å². The lowest BCUT2D eigenvalue weighted by Gasteiger charge is -1.93. The summed E-state index contributed by atoms with van der Waals surface area (Å²) in [7, 11) is 0. The van der Waals surface area contributed by atoms with Crippen LogP contribution in [0.1, 0.15) is 10.4 Å². The van der Waals surface area contributed by atoms with Gasteiger partial charge in [0.25, 0.3) is 5.78 Å². The van der Waals surface area contributed by atoms with E-state index in [0.717, 1.165) is 11.5 Å². The van der Waals surface area contributed by atoms with Gasteiger partial charge in [0.05, 0.1) is 4.70 Å². The minimum atomic E-state index is -1.46. The molecule has 0 bridgehead atoms. The summed E-state index contributed by atoms with van der Waals surface area (Å²) in [5.41, 5.74) is 0.813. The number of nitrogens with zero attached hydrogens (tertiary/aromatic N) is 2. The molecule has 0 fully saturated rings. The summed E-state index contributed by atoms with van der Waals surface area (Å²) >= 11 is 1.12. The van der Waals surface area contributed by atoms with Gasteiger partial charge in [-0.2, -0.15) is 0 Å². The molecule has 1 N–H and O–H groups in total. The maximum Gasteiger partial charge on any atom is 0.377 e. The summed E-state index contributed by atoms with van der Waals surface area (Å²) in [6, 6.07) is 4.49. The van der Waals surface area contributed by atoms with Crippen molar-refractivity contribution in [3.63, 3.8) is 0 Å². The predicted octanol–water partition coefficient (Wildman–Crippen LogP) is 0.959. The van der Waals surface area contributed by atoms with Crippen LogP contribution in [0.5, 0.6) is 0 Å². The molecule has 0 spiro atoms. The van der Waals surface area contributed by atoms with E-state index in [0.29, 0.717) is 10.2 Å². The number of carboxylic acid groups (broad SMARTS) is 1. The van der Waals surface area contributed by atoms with Crippen molar-refractivity contribution < 1.29 is 14.7 Å². The molecule has 1 heterocycles. The van der Waals surface area contributed by atoms with Crippen molar-refractivity contribution in [3.05, 3.63) is 23.8 Å². The number of hydrogen-bond donors (Lipinski definition) is 1. The van der Waals surface area contributed by atoms with Gasteiger partial charge in [0.2, 0.25) is 0 Å². The second-order valence-electron chi connectivity index (χ2n) is 2.59. The summed E-state index contributed by atoms with van der Waals surface area (Å²) in [6.07, 6.45) is 0. The molecule has 0 amide bonds. The Balaban J connectivity index is 2.54. The molecule has 1 aromatic carbocycles. The Labute approximate surface area is 82.1 Å². The average Bonchev–Trinajstić information content (AvgIpc) is 2.62. The fraction of sp³-hybridized carbons (Fsp3) is 0. The predicted molar refractivity (Wildman–Crippen MR) is 49.4 cm³/mol. The number of carbonyl (C=O) groups is 2. The number of aliphatic carboxylic acids is 1. The molecule has 0 aliphatic heterocycles. The van der Waals surface area contributed by atoms with Crippen molar-refractivity contribution in [2.45, 2.75) is 0 Å². The van der Waals surface area contributed by atoms with Gasteiger partial charge in [-0.1, -0.05) is 4.49 Å². The van der Waals surface area contributed by atoms with Gasteiger partial charge in [0, 0.05) is 5.56 Å². The van der Waals surface area contributed by atoms with E-state index in [-0.39, 0.29) is 5.56 Å². The Bertz CT molecular complexity index is 520. The number of hydrogen-bond acceptors (Lipinski definition) is 5. The Morgan fingerprint density at radius 3 is 2.86 bits per heavy atom. The van der Waals surface area contributed by atoms with E-state index in [4.69, 9.17) is 5.11 Å². The highest BCUT2D eigenvalue weighted by Gasteiger charge is 2.15. The smallest absolute Gasteiger partial charge is 0.377 e. The van der Waals surface area contributed by atoms with Crippen LogP contribution >= 0.6 is 11.5 Å². The number of benzene rings is 1. The lowest BCUT2D eigenvalue weighted by Crippen LogP contribution is -2.12. The molecule has 0 aliphatic carbocycles. The molecule has 2 aromatic rings. The zero-order valence-corrected chi connectivity index (χ0v) is 7.61. The van der Waals surface area contributed by atoms with Gasteiger partial charge >= 0.3 is 5.97 Å². The van der Waals surface area contributed by atoms with Gasteiger partial charge in [0.1, 0.15) is 5.52 Å². The van der Waals surface area contributed by atoms with Crippen LogP contribution in [0.15, 0.2) is 18.2 Å². The Hall–Kier alpha value is -1.82. The first-order valence-electron chi connectivity index (χ1n) is 3.68. The molecule has 0 saturated heterocycles. The van der Waals surface area contributed by atoms with Crippen molar-refractivity contribution in [2.75, 3.05) is 0 Å². The molecule has 70 valence electrons. The minimum absolute atomic E-state index is 0.149. The van der Waals surface area contributed by atoms with E-state index in [1.54, 1.807) is 6.07 Å². The number of carbonyl (C=O) groups excluding carboxylic acids is 1. The van der Waals surface area contributed by atoms with Crippen molar-refractivity contribution in [2.24, 2.45) is 0 Å². The first kappa shape index (κ1) is 8.76. The van der Waals surface area contributed by atoms with Crippen LogP contribution in [0.3, 0.4) is 0 Å². The number of ketones is 1. The maximum atomic E-state index is 11.1. The number of aromatic nitrogens is 2. The molecule has 0 aliphatic rings. The highest BCUT2D eigenvalue weighted by Crippen LogP contribution is 2.17. The number of rotatable bonds is 2. The molecule has 6 heteroatoms. The van der Waals surface area contributed by atoms with Crippen LogP contribution in [0, 0.1) is 0 Å². The molecule has 0 radical (unpaired) electrons. The zero-order valence-electron chi connectivity index (χ0n) is 6.80. The zero-order chi connectivity index (χ0) is 10.1. The van der Waals surface area contributed by atoms with Gasteiger partial charge in [-0.3, -0.25) is 4.79 Å². The molecule has 0 unspecified atom stereocenters. The van der Waals surface area contributed by atoms with E-state index in [9.17, 15) is 9.59 Å². The monoisotopic (exact) mass is 208 g/mol. The average molecular weight is 208 g/mol. The van der Waals surface area contributed by atoms with E-state index in [2.05, 4.69) is 9.59 Å². The number of fused-ring (bicyclic) bond motifs is 1. The Morgan fingerprint density at radius 2 is 2.14 bits per heavy atom. The third-order valence-electron chi connectivity index (χ3n) is 1.70. The third-order valence-corrected chi connectivity index (χ3v) is 2.39. The highest BCUT2D eigenvalue weighted by molar-refractivity contribution is 7.12. The van der Waals surface area contributed by atoms with Crippen LogP contribution in [0.4, 0.5) is 0 Å². The summed E-state index contributed by atoms with van der Waals surface area (Å²) < 4.78 is 4.39. The van der Waals surface area contributed by atoms with Crippen molar-refractivity contribution in [1.29, 1.82) is 0 Å². The lowest BCUT2D eigenvalue weighted by molar-refractivity contribution is -0.131. The molecule has 2 rings (SSSR count). The lowest BCUT2D eigenvalue weighted by atomic mass is 10.1. The van der Waals surface area contributed by atoms with Crippen LogP contribution in [-0.4, -0.2) is 26.4 Å². The maximum absolute atomic E-state index is 11.1. The first-order chi connectivity index (χ1) is 6.68. The second-order valence-corrected chi connectivity index (χ2v) is 3.38. The quantitative estimate of drug-likeness (QED) is 0.587. The summed E-state index contributed by atoms with van der Waals surface area (Å²) in [5, 5.41) is 12.3. The van der Waals surface area contributed by atoms with Gasteiger partial charge < -0.3 is 5.11 Å². The number of Topliss-reactive ketones (excluding diaryl/α,β-unsaturated/α-hetero) is 1. The fourth-order valence-corrected chi connectivity index (χ4v) is 1.64. The first-order valence-corrected chi connectivity index (χ1v) is 4.45. The second kappa shape index (κ2) is 3.15. The topological polar surface area (TPSA) is 80.1 Å².